The molecule has 0 aliphatic carbocycles. The molecule has 0 spiro atoms. The fourth-order valence-corrected chi connectivity index (χ4v) is 3.82. The largest absolute Gasteiger partial charge is 0.314 e. The van der Waals surface area contributed by atoms with Crippen LogP contribution in [0.2, 0.25) is 0 Å². The minimum Gasteiger partial charge on any atom is -0.314 e. The summed E-state index contributed by atoms with van der Waals surface area (Å²) in [4.78, 5) is 1.44. The Labute approximate surface area is 138 Å². The van der Waals surface area contributed by atoms with Crippen LogP contribution in [-0.4, -0.2) is 12.6 Å². The maximum atomic E-state index is 13.5. The number of rotatable bonds is 8. The molecular weight excluding hydrogens is 349 g/mol. The highest BCUT2D eigenvalue weighted by atomic mass is 79.9. The van der Waals surface area contributed by atoms with Gasteiger partial charge in [0.05, 0.1) is 0 Å². The molecule has 114 valence electrons. The Hall–Kier alpha value is -0.710. The predicted molar refractivity (Wildman–Crippen MR) is 92.5 cm³/mol. The molecule has 1 unspecified atom stereocenters. The van der Waals surface area contributed by atoms with Crippen LogP contribution in [0, 0.1) is 5.82 Å². The molecule has 0 radical (unpaired) electrons. The third-order valence-electron chi connectivity index (χ3n) is 3.45. The molecule has 0 fully saturated rings. The summed E-state index contributed by atoms with van der Waals surface area (Å²) in [5.74, 6) is -0.173. The van der Waals surface area contributed by atoms with Crippen LogP contribution in [0.15, 0.2) is 40.2 Å². The number of hydrogen-bond acceptors (Lipinski definition) is 2. The molecule has 1 atom stereocenters. The third-order valence-corrected chi connectivity index (χ3v) is 4.85. The number of likely N-dealkylation sites (N-methyl/N-ethyl adjacent to an activating group) is 1. The number of benzene rings is 1. The van der Waals surface area contributed by atoms with Gasteiger partial charge in [0.1, 0.15) is 5.82 Å². The first-order valence-corrected chi connectivity index (χ1v) is 9.05. The molecule has 0 bridgehead atoms. The van der Waals surface area contributed by atoms with E-state index in [1.807, 2.05) is 17.4 Å². The number of nitrogens with one attached hydrogen (secondary N) is 1. The number of aryl methyl sites for hydroxylation is 1. The maximum absolute atomic E-state index is 13.5. The van der Waals surface area contributed by atoms with Gasteiger partial charge in [0, 0.05) is 15.4 Å². The molecule has 0 amide bonds. The van der Waals surface area contributed by atoms with Crippen molar-refractivity contribution >= 4 is 27.3 Å². The van der Waals surface area contributed by atoms with E-state index >= 15 is 0 Å². The Bertz CT molecular complexity index is 521. The lowest BCUT2D eigenvalue weighted by Crippen LogP contribution is -2.31. The zero-order valence-electron chi connectivity index (χ0n) is 12.2. The van der Waals surface area contributed by atoms with Crippen molar-refractivity contribution in [1.29, 1.82) is 0 Å². The van der Waals surface area contributed by atoms with E-state index in [9.17, 15) is 4.39 Å². The van der Waals surface area contributed by atoms with Crippen molar-refractivity contribution in [3.63, 3.8) is 0 Å². The lowest BCUT2D eigenvalue weighted by atomic mass is 10.0. The van der Waals surface area contributed by atoms with Crippen LogP contribution in [0.25, 0.3) is 0 Å². The molecule has 2 rings (SSSR count). The summed E-state index contributed by atoms with van der Waals surface area (Å²) in [5.41, 5.74) is 1.05. The lowest BCUT2D eigenvalue weighted by molar-refractivity contribution is 0.476. The molecule has 4 heteroatoms. The third kappa shape index (κ3) is 5.89. The predicted octanol–water partition coefficient (Wildman–Crippen LogP) is 5.19. The normalized spacial score (nSPS) is 12.5. The smallest absolute Gasteiger partial charge is 0.124 e. The number of halogens is 2. The first-order valence-electron chi connectivity index (χ1n) is 7.38. The van der Waals surface area contributed by atoms with Crippen molar-refractivity contribution < 1.29 is 4.39 Å². The molecule has 1 heterocycles. The zero-order valence-corrected chi connectivity index (χ0v) is 14.6. The van der Waals surface area contributed by atoms with E-state index in [0.717, 1.165) is 42.3 Å². The van der Waals surface area contributed by atoms with E-state index in [-0.39, 0.29) is 5.82 Å². The van der Waals surface area contributed by atoms with Crippen LogP contribution in [-0.2, 0) is 12.8 Å². The van der Waals surface area contributed by atoms with Crippen LogP contribution in [0.3, 0.4) is 0 Å². The molecular formula is C17H21BrFNS. The topological polar surface area (TPSA) is 12.0 Å². The molecule has 0 saturated heterocycles. The minimum atomic E-state index is -0.173. The summed E-state index contributed by atoms with van der Waals surface area (Å²) in [6, 6.07) is 9.84. The number of thiophene rings is 1. The van der Waals surface area contributed by atoms with Gasteiger partial charge in [0.25, 0.3) is 0 Å². The Kier molecular flexibility index (Phi) is 6.87. The van der Waals surface area contributed by atoms with Crippen molar-refractivity contribution in [2.24, 2.45) is 0 Å². The summed E-state index contributed by atoms with van der Waals surface area (Å²) >= 11 is 5.18. The standard InChI is InChI=1S/C17H21BrFNS/c1-2-20-16(5-3-6-17-7-4-8-21-17)11-13-9-14(18)12-15(19)10-13/h4,7-10,12,16,20H,2-3,5-6,11H2,1H3. The highest BCUT2D eigenvalue weighted by molar-refractivity contribution is 9.10. The van der Waals surface area contributed by atoms with Crippen molar-refractivity contribution in [3.8, 4) is 0 Å². The van der Waals surface area contributed by atoms with Crippen molar-refractivity contribution in [3.05, 3.63) is 56.4 Å². The first kappa shape index (κ1) is 16.7. The Morgan fingerprint density at radius 1 is 1.33 bits per heavy atom. The van der Waals surface area contributed by atoms with Gasteiger partial charge in [-0.1, -0.05) is 28.9 Å². The van der Waals surface area contributed by atoms with Gasteiger partial charge >= 0.3 is 0 Å². The molecule has 1 N–H and O–H groups in total. The minimum absolute atomic E-state index is 0.173. The second-order valence-corrected chi connectivity index (χ2v) is 7.16. The van der Waals surface area contributed by atoms with Gasteiger partial charge in [-0.2, -0.15) is 0 Å². The second-order valence-electron chi connectivity index (χ2n) is 5.21. The van der Waals surface area contributed by atoms with E-state index < -0.39 is 0 Å². The Balaban J connectivity index is 1.88. The number of hydrogen-bond donors (Lipinski definition) is 1. The maximum Gasteiger partial charge on any atom is 0.124 e. The van der Waals surface area contributed by atoms with Gasteiger partial charge in [-0.15, -0.1) is 11.3 Å². The Morgan fingerprint density at radius 3 is 2.86 bits per heavy atom. The van der Waals surface area contributed by atoms with Crippen molar-refractivity contribution in [1.82, 2.24) is 5.32 Å². The highest BCUT2D eigenvalue weighted by Gasteiger charge is 2.10. The van der Waals surface area contributed by atoms with Crippen LogP contribution < -0.4 is 5.32 Å². The second kappa shape index (κ2) is 8.66. The molecule has 1 aromatic carbocycles. The van der Waals surface area contributed by atoms with E-state index in [1.54, 1.807) is 6.07 Å². The fraction of sp³-hybridized carbons (Fsp3) is 0.412. The molecule has 1 aromatic heterocycles. The van der Waals surface area contributed by atoms with Gasteiger partial charge in [-0.05, 0) is 67.4 Å². The molecule has 0 aliphatic heterocycles. The average molecular weight is 370 g/mol. The summed E-state index contributed by atoms with van der Waals surface area (Å²) < 4.78 is 14.3. The zero-order chi connectivity index (χ0) is 15.1. The summed E-state index contributed by atoms with van der Waals surface area (Å²) in [6.07, 6.45) is 4.27. The van der Waals surface area contributed by atoms with Gasteiger partial charge in [0.15, 0.2) is 0 Å². The van der Waals surface area contributed by atoms with Gasteiger partial charge in [-0.3, -0.25) is 0 Å². The molecule has 0 saturated carbocycles. The monoisotopic (exact) mass is 369 g/mol. The fourth-order valence-electron chi connectivity index (χ4n) is 2.56. The summed E-state index contributed by atoms with van der Waals surface area (Å²) in [5, 5.41) is 5.64. The lowest BCUT2D eigenvalue weighted by Gasteiger charge is -2.18. The quantitative estimate of drug-likeness (QED) is 0.674. The molecule has 2 aromatic rings. The van der Waals surface area contributed by atoms with E-state index in [2.05, 4.69) is 45.7 Å². The van der Waals surface area contributed by atoms with Crippen LogP contribution in [0.4, 0.5) is 4.39 Å². The van der Waals surface area contributed by atoms with Crippen molar-refractivity contribution in [2.45, 2.75) is 38.6 Å². The first-order chi connectivity index (χ1) is 10.2. The van der Waals surface area contributed by atoms with Crippen LogP contribution in [0.5, 0.6) is 0 Å². The van der Waals surface area contributed by atoms with Crippen LogP contribution in [0.1, 0.15) is 30.2 Å². The van der Waals surface area contributed by atoms with E-state index in [1.165, 1.54) is 10.9 Å². The summed E-state index contributed by atoms with van der Waals surface area (Å²) in [7, 11) is 0. The highest BCUT2D eigenvalue weighted by Crippen LogP contribution is 2.18. The van der Waals surface area contributed by atoms with E-state index in [0.29, 0.717) is 6.04 Å². The van der Waals surface area contributed by atoms with Crippen molar-refractivity contribution in [2.75, 3.05) is 6.54 Å². The SMILES string of the molecule is CCNC(CCCc1cccs1)Cc1cc(F)cc(Br)c1. The average Bonchev–Trinajstić information content (AvgIpc) is 2.91. The summed E-state index contributed by atoms with van der Waals surface area (Å²) in [6.45, 7) is 3.06. The molecule has 1 nitrogen and oxygen atoms in total. The van der Waals surface area contributed by atoms with Gasteiger partial charge < -0.3 is 5.32 Å². The molecule has 0 aliphatic rings. The molecule has 21 heavy (non-hydrogen) atoms. The van der Waals surface area contributed by atoms with Gasteiger partial charge in [0.2, 0.25) is 0 Å². The van der Waals surface area contributed by atoms with Crippen LogP contribution >= 0.6 is 27.3 Å². The van der Waals surface area contributed by atoms with Gasteiger partial charge in [-0.25, -0.2) is 4.39 Å². The van der Waals surface area contributed by atoms with E-state index in [4.69, 9.17) is 0 Å². The Morgan fingerprint density at radius 2 is 2.19 bits per heavy atom.